The molecule has 0 aromatic heterocycles. The van der Waals surface area contributed by atoms with Crippen LogP contribution in [-0.4, -0.2) is 71.4 Å². The molecule has 12 nitrogen and oxygen atoms in total. The van der Waals surface area contributed by atoms with E-state index >= 15 is 0 Å². The van der Waals surface area contributed by atoms with Crippen molar-refractivity contribution < 1.29 is 36.8 Å². The Hall–Kier alpha value is -1.51. The third kappa shape index (κ3) is 3.82. The highest BCUT2D eigenvalue weighted by atomic mass is 32.3. The molecule has 3 amide bonds. The Balaban J connectivity index is 1.98. The van der Waals surface area contributed by atoms with Crippen LogP contribution in [0.3, 0.4) is 0 Å². The molecule has 2 rings (SSSR count). The number of hydrogen-bond donors (Lipinski definition) is 4. The summed E-state index contributed by atoms with van der Waals surface area (Å²) in [5.41, 5.74) is 7.08. The van der Waals surface area contributed by atoms with Crippen molar-refractivity contribution in [3.63, 3.8) is 0 Å². The van der Waals surface area contributed by atoms with E-state index in [4.69, 9.17) is 15.4 Å². The molecular weight excluding hydrogens is 324 g/mol. The van der Waals surface area contributed by atoms with Gasteiger partial charge in [-0.2, -0.15) is 13.5 Å². The third-order valence-electron chi connectivity index (χ3n) is 3.23. The van der Waals surface area contributed by atoms with Gasteiger partial charge in [-0.3, -0.25) is 14.2 Å². The maximum Gasteiger partial charge on any atom is 0.418 e. The predicted molar refractivity (Wildman–Crippen MR) is 67.7 cm³/mol. The van der Waals surface area contributed by atoms with Crippen LogP contribution in [0.25, 0.3) is 0 Å². The van der Waals surface area contributed by atoms with Crippen molar-refractivity contribution in [3.05, 3.63) is 0 Å². The summed E-state index contributed by atoms with van der Waals surface area (Å²) in [4.78, 5) is 29.7. The number of hydroxylamine groups is 3. The molecule has 0 saturated carbocycles. The van der Waals surface area contributed by atoms with Gasteiger partial charge in [-0.15, -0.1) is 4.28 Å². The second-order valence-electron chi connectivity index (χ2n) is 4.85. The Morgan fingerprint density at radius 3 is 2.77 bits per heavy atom. The zero-order chi connectivity index (χ0) is 16.5. The van der Waals surface area contributed by atoms with Crippen LogP contribution in [-0.2, 0) is 24.3 Å². The van der Waals surface area contributed by atoms with Crippen LogP contribution in [0, 0.1) is 0 Å². The highest BCUT2D eigenvalue weighted by Gasteiger charge is 2.49. The number of hydrogen-bond acceptors (Lipinski definition) is 8. The lowest BCUT2D eigenvalue weighted by Crippen LogP contribution is -2.50. The molecule has 3 unspecified atom stereocenters. The zero-order valence-corrected chi connectivity index (χ0v) is 12.1. The number of nitrogens with zero attached hydrogens (tertiary/aromatic N) is 2. The Bertz CT molecular complexity index is 552. The van der Waals surface area contributed by atoms with E-state index in [1.54, 1.807) is 0 Å². The number of urea groups is 1. The van der Waals surface area contributed by atoms with Crippen molar-refractivity contribution in [2.45, 2.75) is 31.2 Å². The molecule has 5 N–H and O–H groups in total. The molecule has 126 valence electrons. The van der Waals surface area contributed by atoms with E-state index in [0.717, 1.165) is 4.90 Å². The summed E-state index contributed by atoms with van der Waals surface area (Å²) in [5, 5.41) is 9.33. The molecule has 0 aromatic carbocycles. The van der Waals surface area contributed by atoms with E-state index < -0.39 is 40.6 Å². The van der Waals surface area contributed by atoms with Gasteiger partial charge in [0.2, 0.25) is 0 Å². The second kappa shape index (κ2) is 6.31. The van der Waals surface area contributed by atoms with Gasteiger partial charge in [-0.1, -0.05) is 0 Å². The average molecular weight is 340 g/mol. The first-order valence-electron chi connectivity index (χ1n) is 6.31. The summed E-state index contributed by atoms with van der Waals surface area (Å²) in [6.07, 6.45) is -0.708. The molecule has 2 heterocycles. The highest BCUT2D eigenvalue weighted by molar-refractivity contribution is 7.80. The fourth-order valence-electron chi connectivity index (χ4n) is 2.37. The zero-order valence-electron chi connectivity index (χ0n) is 11.3. The lowest BCUT2D eigenvalue weighted by Gasteiger charge is -2.28. The van der Waals surface area contributed by atoms with Gasteiger partial charge in [-0.05, 0) is 12.8 Å². The van der Waals surface area contributed by atoms with Gasteiger partial charge in [0, 0.05) is 6.54 Å². The van der Waals surface area contributed by atoms with Gasteiger partial charge < -0.3 is 15.7 Å². The molecule has 3 atom stereocenters. The average Bonchev–Trinajstić information content (AvgIpc) is 2.62. The first-order chi connectivity index (χ1) is 10.2. The van der Waals surface area contributed by atoms with Gasteiger partial charge in [0.15, 0.2) is 0 Å². The van der Waals surface area contributed by atoms with E-state index in [1.807, 2.05) is 0 Å². The lowest BCUT2D eigenvalue weighted by molar-refractivity contribution is -0.141. The molecule has 0 aliphatic carbocycles. The van der Waals surface area contributed by atoms with Gasteiger partial charge in [0.1, 0.15) is 18.9 Å². The Kier molecular flexibility index (Phi) is 4.84. The van der Waals surface area contributed by atoms with Crippen LogP contribution >= 0.6 is 0 Å². The van der Waals surface area contributed by atoms with Crippen LogP contribution in [0.15, 0.2) is 0 Å². The standard InChI is InChI=1S/C9H16N4O8S/c10-7(14)4-20-11-8(15)6-2-1-5-3-12(6)9(16)13(5)21-22(17,18)19/h5-7,14H,1-4,10H2,(H,11,15)(H,17,18,19). The minimum Gasteiger partial charge on any atom is -0.376 e. The minimum atomic E-state index is -4.83. The molecule has 22 heavy (non-hydrogen) atoms. The number of amides is 3. The maximum absolute atomic E-state index is 12.0. The normalized spacial score (nSPS) is 26.2. The monoisotopic (exact) mass is 340 g/mol. The van der Waals surface area contributed by atoms with Crippen molar-refractivity contribution in [2.75, 3.05) is 13.2 Å². The Morgan fingerprint density at radius 1 is 1.50 bits per heavy atom. The molecule has 13 heteroatoms. The van der Waals surface area contributed by atoms with E-state index in [-0.39, 0.29) is 19.6 Å². The summed E-state index contributed by atoms with van der Waals surface area (Å²) in [7, 11) is -4.83. The quantitative estimate of drug-likeness (QED) is 0.228. The summed E-state index contributed by atoms with van der Waals surface area (Å²) in [6.45, 7) is -0.251. The number of fused-ring (bicyclic) bond motifs is 2. The summed E-state index contributed by atoms with van der Waals surface area (Å²) >= 11 is 0. The maximum atomic E-state index is 12.0. The number of nitrogens with one attached hydrogen (secondary N) is 1. The molecule has 2 bridgehead atoms. The van der Waals surface area contributed by atoms with Crippen molar-refractivity contribution in [1.82, 2.24) is 15.4 Å². The van der Waals surface area contributed by atoms with Crippen molar-refractivity contribution >= 4 is 22.3 Å². The topological polar surface area (TPSA) is 172 Å². The molecule has 2 aliphatic heterocycles. The van der Waals surface area contributed by atoms with Crippen molar-refractivity contribution in [1.29, 1.82) is 0 Å². The predicted octanol–water partition coefficient (Wildman–Crippen LogP) is -2.69. The summed E-state index contributed by atoms with van der Waals surface area (Å²) < 4.78 is 34.3. The molecule has 0 radical (unpaired) electrons. The smallest absolute Gasteiger partial charge is 0.376 e. The molecule has 0 spiro atoms. The van der Waals surface area contributed by atoms with Gasteiger partial charge in [0.05, 0.1) is 6.04 Å². The Morgan fingerprint density at radius 2 is 2.18 bits per heavy atom. The number of piperidine rings is 1. The fourth-order valence-corrected chi connectivity index (χ4v) is 2.76. The SMILES string of the molecule is NC(O)CONC(=O)C1CCC2CN1C(=O)N2OS(=O)(=O)O. The first-order valence-corrected chi connectivity index (χ1v) is 7.67. The largest absolute Gasteiger partial charge is 0.418 e. The second-order valence-corrected chi connectivity index (χ2v) is 5.86. The number of carbonyl (C=O) groups excluding carboxylic acids is 2. The van der Waals surface area contributed by atoms with Crippen LogP contribution in [0.4, 0.5) is 4.79 Å². The summed E-state index contributed by atoms with van der Waals surface area (Å²) in [5.74, 6) is -0.638. The van der Waals surface area contributed by atoms with Crippen molar-refractivity contribution in [3.8, 4) is 0 Å². The van der Waals surface area contributed by atoms with E-state index in [1.165, 1.54) is 0 Å². The molecule has 2 aliphatic rings. The number of aliphatic hydroxyl groups excluding tert-OH is 1. The fraction of sp³-hybridized carbons (Fsp3) is 0.778. The first kappa shape index (κ1) is 16.9. The number of aliphatic hydroxyl groups is 1. The van der Waals surface area contributed by atoms with E-state index in [0.29, 0.717) is 11.5 Å². The van der Waals surface area contributed by atoms with Gasteiger partial charge in [0.25, 0.3) is 5.91 Å². The highest BCUT2D eigenvalue weighted by Crippen LogP contribution is 2.30. The van der Waals surface area contributed by atoms with Crippen LogP contribution in [0.2, 0.25) is 0 Å². The van der Waals surface area contributed by atoms with Gasteiger partial charge >= 0.3 is 16.4 Å². The minimum absolute atomic E-state index is 0.0754. The number of nitrogens with two attached hydrogens (primary N) is 1. The van der Waals surface area contributed by atoms with Crippen molar-refractivity contribution in [2.24, 2.45) is 5.73 Å². The molecule has 2 fully saturated rings. The lowest BCUT2D eigenvalue weighted by atomic mass is 10.0. The molecular formula is C9H16N4O8S. The van der Waals surface area contributed by atoms with Crippen LogP contribution in [0.5, 0.6) is 0 Å². The van der Waals surface area contributed by atoms with Crippen LogP contribution < -0.4 is 11.2 Å². The molecule has 2 saturated heterocycles. The van der Waals surface area contributed by atoms with Gasteiger partial charge in [-0.25, -0.2) is 10.3 Å². The number of rotatable bonds is 6. The van der Waals surface area contributed by atoms with Crippen LogP contribution in [0.1, 0.15) is 12.8 Å². The third-order valence-corrected chi connectivity index (χ3v) is 3.58. The number of carbonyl (C=O) groups is 2. The van der Waals surface area contributed by atoms with E-state index in [2.05, 4.69) is 14.6 Å². The Labute approximate surface area is 125 Å². The molecule has 0 aromatic rings. The van der Waals surface area contributed by atoms with E-state index in [9.17, 15) is 18.0 Å². The summed E-state index contributed by atoms with van der Waals surface area (Å²) in [6, 6.07) is -2.31.